The van der Waals surface area contributed by atoms with E-state index in [1.54, 1.807) is 0 Å². The maximum absolute atomic E-state index is 3.55. The van der Waals surface area contributed by atoms with Crippen LogP contribution < -0.4 is 5.32 Å². The van der Waals surface area contributed by atoms with Crippen molar-refractivity contribution in [1.29, 1.82) is 0 Å². The summed E-state index contributed by atoms with van der Waals surface area (Å²) in [5.41, 5.74) is 0. The number of hydrogen-bond donors (Lipinski definition) is 1. The van der Waals surface area contributed by atoms with Crippen LogP contribution in [0.25, 0.3) is 0 Å². The van der Waals surface area contributed by atoms with Gasteiger partial charge in [0.1, 0.15) is 0 Å². The number of nitrogens with zero attached hydrogens (tertiary/aromatic N) is 1. The highest BCUT2D eigenvalue weighted by Gasteiger charge is 2.29. The first kappa shape index (κ1) is 12.0. The van der Waals surface area contributed by atoms with E-state index in [-0.39, 0.29) is 0 Å². The smallest absolute Gasteiger partial charge is 0.00961 e. The van der Waals surface area contributed by atoms with Crippen molar-refractivity contribution < 1.29 is 0 Å². The topological polar surface area (TPSA) is 15.3 Å². The van der Waals surface area contributed by atoms with Crippen LogP contribution in [0.2, 0.25) is 0 Å². The molecule has 84 valence electrons. The van der Waals surface area contributed by atoms with Crippen molar-refractivity contribution in [2.75, 3.05) is 13.6 Å². The second-order valence-electron chi connectivity index (χ2n) is 4.84. The van der Waals surface area contributed by atoms with Crippen molar-refractivity contribution in [1.82, 2.24) is 10.2 Å². The minimum atomic E-state index is 0.658. The number of rotatable bonds is 7. The Labute approximate surface area is 89.1 Å². The Morgan fingerprint density at radius 3 is 2.50 bits per heavy atom. The molecule has 1 aliphatic rings. The van der Waals surface area contributed by atoms with Crippen LogP contribution in [0.3, 0.4) is 0 Å². The van der Waals surface area contributed by atoms with Gasteiger partial charge in [-0.1, -0.05) is 6.92 Å². The van der Waals surface area contributed by atoms with Gasteiger partial charge in [-0.15, -0.1) is 0 Å². The zero-order chi connectivity index (χ0) is 10.6. The molecule has 0 aliphatic heterocycles. The van der Waals surface area contributed by atoms with E-state index in [1.165, 1.54) is 25.7 Å². The monoisotopic (exact) mass is 198 g/mol. The van der Waals surface area contributed by atoms with E-state index in [1.807, 2.05) is 0 Å². The Hall–Kier alpha value is -0.0800. The third-order valence-corrected chi connectivity index (χ3v) is 3.26. The summed E-state index contributed by atoms with van der Waals surface area (Å²) in [6, 6.07) is 2.27. The standard InChI is InChI=1S/C12H26N2/c1-5-8-13-10(2)9-11(3)14(4)12-6-7-12/h10-13H,5-9H2,1-4H3. The third-order valence-electron chi connectivity index (χ3n) is 3.26. The predicted molar refractivity (Wildman–Crippen MR) is 62.6 cm³/mol. The van der Waals surface area contributed by atoms with Gasteiger partial charge in [0.25, 0.3) is 0 Å². The molecule has 0 aromatic carbocycles. The van der Waals surface area contributed by atoms with Gasteiger partial charge in [0.05, 0.1) is 0 Å². The molecule has 0 aromatic rings. The molecule has 0 amide bonds. The summed E-state index contributed by atoms with van der Waals surface area (Å²) in [5, 5.41) is 3.55. The maximum atomic E-state index is 3.55. The SMILES string of the molecule is CCCNC(C)CC(C)N(C)C1CC1. The van der Waals surface area contributed by atoms with Crippen molar-refractivity contribution in [3.8, 4) is 0 Å². The molecule has 1 N–H and O–H groups in total. The van der Waals surface area contributed by atoms with Gasteiger partial charge in [0, 0.05) is 18.1 Å². The van der Waals surface area contributed by atoms with E-state index in [4.69, 9.17) is 0 Å². The summed E-state index contributed by atoms with van der Waals surface area (Å²) in [5.74, 6) is 0. The van der Waals surface area contributed by atoms with E-state index in [2.05, 4.69) is 38.0 Å². The second-order valence-corrected chi connectivity index (χ2v) is 4.84. The summed E-state index contributed by atoms with van der Waals surface area (Å²) < 4.78 is 0. The first-order valence-electron chi connectivity index (χ1n) is 6.10. The largest absolute Gasteiger partial charge is 0.314 e. The fourth-order valence-electron chi connectivity index (χ4n) is 1.99. The fourth-order valence-corrected chi connectivity index (χ4v) is 1.99. The average molecular weight is 198 g/mol. The summed E-state index contributed by atoms with van der Waals surface area (Å²) >= 11 is 0. The van der Waals surface area contributed by atoms with Gasteiger partial charge in [0.2, 0.25) is 0 Å². The van der Waals surface area contributed by atoms with Gasteiger partial charge in [-0.05, 0) is 53.1 Å². The van der Waals surface area contributed by atoms with E-state index < -0.39 is 0 Å². The first-order chi connectivity index (χ1) is 6.65. The lowest BCUT2D eigenvalue weighted by Gasteiger charge is -2.27. The molecule has 2 nitrogen and oxygen atoms in total. The van der Waals surface area contributed by atoms with Gasteiger partial charge >= 0.3 is 0 Å². The van der Waals surface area contributed by atoms with Crippen molar-refractivity contribution in [3.63, 3.8) is 0 Å². The first-order valence-corrected chi connectivity index (χ1v) is 6.10. The van der Waals surface area contributed by atoms with Crippen LogP contribution in [-0.4, -0.2) is 36.6 Å². The zero-order valence-electron chi connectivity index (χ0n) is 10.2. The summed E-state index contributed by atoms with van der Waals surface area (Å²) in [4.78, 5) is 2.55. The van der Waals surface area contributed by atoms with Crippen molar-refractivity contribution in [3.05, 3.63) is 0 Å². The third kappa shape index (κ3) is 3.97. The molecular weight excluding hydrogens is 172 g/mol. The van der Waals surface area contributed by atoms with Gasteiger partial charge in [-0.2, -0.15) is 0 Å². The molecule has 1 aliphatic carbocycles. The Morgan fingerprint density at radius 1 is 1.36 bits per heavy atom. The molecule has 2 heteroatoms. The summed E-state index contributed by atoms with van der Waals surface area (Å²) in [6.45, 7) is 8.02. The van der Waals surface area contributed by atoms with E-state index in [0.29, 0.717) is 6.04 Å². The highest BCUT2D eigenvalue weighted by molar-refractivity contribution is 4.86. The van der Waals surface area contributed by atoms with Gasteiger partial charge < -0.3 is 10.2 Å². The molecule has 14 heavy (non-hydrogen) atoms. The highest BCUT2D eigenvalue weighted by Crippen LogP contribution is 2.27. The zero-order valence-corrected chi connectivity index (χ0v) is 10.2. The van der Waals surface area contributed by atoms with Gasteiger partial charge in [-0.25, -0.2) is 0 Å². The summed E-state index contributed by atoms with van der Waals surface area (Å²) in [6.07, 6.45) is 5.33. The van der Waals surface area contributed by atoms with Crippen LogP contribution in [0.4, 0.5) is 0 Å². The van der Waals surface area contributed by atoms with Gasteiger partial charge in [0.15, 0.2) is 0 Å². The molecule has 2 atom stereocenters. The summed E-state index contributed by atoms with van der Waals surface area (Å²) in [7, 11) is 2.27. The van der Waals surface area contributed by atoms with Crippen molar-refractivity contribution in [2.24, 2.45) is 0 Å². The normalized spacial score (nSPS) is 21.2. The molecular formula is C12H26N2. The van der Waals surface area contributed by atoms with Crippen LogP contribution in [0.5, 0.6) is 0 Å². The lowest BCUT2D eigenvalue weighted by atomic mass is 10.1. The van der Waals surface area contributed by atoms with Crippen LogP contribution in [0.15, 0.2) is 0 Å². The molecule has 0 heterocycles. The molecule has 1 fully saturated rings. The fraction of sp³-hybridized carbons (Fsp3) is 1.00. The molecule has 1 rings (SSSR count). The Bertz CT molecular complexity index is 154. The maximum Gasteiger partial charge on any atom is 0.00961 e. The lowest BCUT2D eigenvalue weighted by molar-refractivity contribution is 0.221. The Balaban J connectivity index is 2.14. The van der Waals surface area contributed by atoms with E-state index in [9.17, 15) is 0 Å². The minimum Gasteiger partial charge on any atom is -0.314 e. The molecule has 1 saturated carbocycles. The number of nitrogens with one attached hydrogen (secondary N) is 1. The average Bonchev–Trinajstić information content (AvgIpc) is 2.96. The molecule has 0 radical (unpaired) electrons. The number of hydrogen-bond acceptors (Lipinski definition) is 2. The highest BCUT2D eigenvalue weighted by atomic mass is 15.2. The second kappa shape index (κ2) is 5.72. The molecule has 0 saturated heterocycles. The van der Waals surface area contributed by atoms with Crippen molar-refractivity contribution in [2.45, 2.75) is 64.6 Å². The Morgan fingerprint density at radius 2 is 2.00 bits per heavy atom. The van der Waals surface area contributed by atoms with Crippen LogP contribution >= 0.6 is 0 Å². The minimum absolute atomic E-state index is 0.658. The molecule has 0 bridgehead atoms. The van der Waals surface area contributed by atoms with Crippen LogP contribution in [0, 0.1) is 0 Å². The van der Waals surface area contributed by atoms with Gasteiger partial charge in [-0.3, -0.25) is 0 Å². The van der Waals surface area contributed by atoms with E-state index >= 15 is 0 Å². The molecule has 2 unspecified atom stereocenters. The van der Waals surface area contributed by atoms with Crippen LogP contribution in [-0.2, 0) is 0 Å². The van der Waals surface area contributed by atoms with Crippen molar-refractivity contribution >= 4 is 0 Å². The molecule has 0 spiro atoms. The lowest BCUT2D eigenvalue weighted by Crippen LogP contribution is -2.37. The predicted octanol–water partition coefficient (Wildman–Crippen LogP) is 2.25. The van der Waals surface area contributed by atoms with Crippen LogP contribution in [0.1, 0.15) is 46.5 Å². The Kier molecular flexibility index (Phi) is 4.90. The quantitative estimate of drug-likeness (QED) is 0.675. The van der Waals surface area contributed by atoms with E-state index in [0.717, 1.165) is 18.6 Å². The molecule has 0 aromatic heterocycles.